The van der Waals surface area contributed by atoms with Crippen LogP contribution < -0.4 is 5.32 Å². The summed E-state index contributed by atoms with van der Waals surface area (Å²) in [5, 5.41) is 3.89. The zero-order chi connectivity index (χ0) is 25.6. The van der Waals surface area contributed by atoms with Crippen LogP contribution >= 0.6 is 0 Å². The summed E-state index contributed by atoms with van der Waals surface area (Å²) in [6.07, 6.45) is -0.939. The second-order valence-corrected chi connectivity index (χ2v) is 9.19. The van der Waals surface area contributed by atoms with Crippen molar-refractivity contribution in [2.45, 2.75) is 58.2 Å². The molecule has 3 aromatic rings. The van der Waals surface area contributed by atoms with Crippen molar-refractivity contribution in [1.29, 1.82) is 0 Å². The first kappa shape index (κ1) is 26.8. The minimum absolute atomic E-state index is 0.0518. The lowest BCUT2D eigenvalue weighted by atomic mass is 9.85. The molecule has 0 radical (unpaired) electrons. The average Bonchev–Trinajstić information content (AvgIpc) is 3.16. The number of hydrogen-bond acceptors (Lipinski definition) is 2. The van der Waals surface area contributed by atoms with E-state index < -0.39 is 17.7 Å². The molecular weight excluding hydrogens is 451 g/mol. The van der Waals surface area contributed by atoms with Crippen LogP contribution in [0.5, 0.6) is 0 Å². The van der Waals surface area contributed by atoms with Gasteiger partial charge in [-0.2, -0.15) is 13.2 Å². The number of amides is 1. The van der Waals surface area contributed by atoms with Crippen LogP contribution in [0.2, 0.25) is 0 Å². The molecule has 2 atom stereocenters. The predicted octanol–water partition coefficient (Wildman–Crippen LogP) is 6.35. The number of benzene rings is 2. The molecule has 3 rings (SSSR count). The maximum absolute atomic E-state index is 13.9. The van der Waals surface area contributed by atoms with Crippen molar-refractivity contribution in [2.24, 2.45) is 7.05 Å². The Morgan fingerprint density at radius 2 is 1.69 bits per heavy atom. The predicted molar refractivity (Wildman–Crippen MR) is 135 cm³/mol. The van der Waals surface area contributed by atoms with E-state index in [1.807, 2.05) is 49.0 Å². The molecule has 1 heterocycles. The second kappa shape index (κ2) is 11.8. The molecule has 0 saturated carbocycles. The van der Waals surface area contributed by atoms with E-state index in [4.69, 9.17) is 0 Å². The number of para-hydroxylation sites is 1. The van der Waals surface area contributed by atoms with Crippen molar-refractivity contribution in [3.05, 3.63) is 71.4 Å². The van der Waals surface area contributed by atoms with E-state index in [2.05, 4.69) is 24.1 Å². The molecule has 0 aliphatic rings. The lowest BCUT2D eigenvalue weighted by Gasteiger charge is -2.23. The Labute approximate surface area is 206 Å². The number of hydrogen-bond donors (Lipinski definition) is 1. The van der Waals surface area contributed by atoms with Gasteiger partial charge < -0.3 is 14.8 Å². The van der Waals surface area contributed by atoms with E-state index in [0.717, 1.165) is 55.0 Å². The Kier molecular flexibility index (Phi) is 9.00. The van der Waals surface area contributed by atoms with Gasteiger partial charge in [-0.25, -0.2) is 0 Å². The van der Waals surface area contributed by atoms with Crippen molar-refractivity contribution in [3.63, 3.8) is 0 Å². The summed E-state index contributed by atoms with van der Waals surface area (Å²) < 4.78 is 43.7. The highest BCUT2D eigenvalue weighted by Crippen LogP contribution is 2.41. The summed E-state index contributed by atoms with van der Waals surface area (Å²) in [7, 11) is 1.87. The molecule has 1 aromatic heterocycles. The highest BCUT2D eigenvalue weighted by molar-refractivity contribution is 5.86. The molecule has 0 aliphatic carbocycles. The highest BCUT2D eigenvalue weighted by Gasteiger charge is 2.36. The summed E-state index contributed by atoms with van der Waals surface area (Å²) in [6.45, 7) is 9.15. The molecule has 1 amide bonds. The van der Waals surface area contributed by atoms with Crippen molar-refractivity contribution in [2.75, 3.05) is 19.6 Å². The smallest absolute Gasteiger partial charge is 0.354 e. The number of carbonyl (C=O) groups is 1. The molecule has 2 aromatic carbocycles. The fraction of sp³-hybridized carbons (Fsp3) is 0.464. The van der Waals surface area contributed by atoms with Gasteiger partial charge in [0.05, 0.1) is 5.56 Å². The van der Waals surface area contributed by atoms with Crippen molar-refractivity contribution < 1.29 is 18.0 Å². The molecule has 0 spiro atoms. The summed E-state index contributed by atoms with van der Waals surface area (Å²) in [5.41, 5.74) is 1.07. The van der Waals surface area contributed by atoms with Crippen LogP contribution in [0.1, 0.15) is 62.6 Å². The van der Waals surface area contributed by atoms with Crippen LogP contribution in [0, 0.1) is 0 Å². The molecule has 0 fully saturated rings. The lowest BCUT2D eigenvalue weighted by molar-refractivity contribution is -0.138. The van der Waals surface area contributed by atoms with Gasteiger partial charge in [-0.05, 0) is 62.7 Å². The molecule has 35 heavy (non-hydrogen) atoms. The van der Waals surface area contributed by atoms with Crippen molar-refractivity contribution in [1.82, 2.24) is 14.8 Å². The highest BCUT2D eigenvalue weighted by atomic mass is 19.4. The van der Waals surface area contributed by atoms with Crippen LogP contribution in [-0.4, -0.2) is 41.1 Å². The van der Waals surface area contributed by atoms with Gasteiger partial charge >= 0.3 is 6.18 Å². The Balaban J connectivity index is 1.87. The summed E-state index contributed by atoms with van der Waals surface area (Å²) in [6, 6.07) is 13.2. The molecule has 2 unspecified atom stereocenters. The van der Waals surface area contributed by atoms with Crippen LogP contribution in [0.25, 0.3) is 10.9 Å². The molecule has 1 N–H and O–H groups in total. The molecule has 190 valence electrons. The van der Waals surface area contributed by atoms with Gasteiger partial charge in [0.15, 0.2) is 0 Å². The Morgan fingerprint density at radius 1 is 1.03 bits per heavy atom. The Hall–Kier alpha value is -2.80. The summed E-state index contributed by atoms with van der Waals surface area (Å²) >= 11 is 0. The van der Waals surface area contributed by atoms with Gasteiger partial charge in [0.1, 0.15) is 0 Å². The van der Waals surface area contributed by atoms with Gasteiger partial charge in [0.25, 0.3) is 0 Å². The summed E-state index contributed by atoms with van der Waals surface area (Å²) in [4.78, 5) is 15.4. The first-order chi connectivity index (χ1) is 16.7. The summed E-state index contributed by atoms with van der Waals surface area (Å²) in [5.74, 6) is -0.961. The number of aryl methyl sites for hydroxylation is 1. The Morgan fingerprint density at radius 3 is 2.37 bits per heavy atom. The lowest BCUT2D eigenvalue weighted by Crippen LogP contribution is -2.34. The average molecular weight is 488 g/mol. The third-order valence-electron chi connectivity index (χ3n) is 6.75. The zero-order valence-corrected chi connectivity index (χ0v) is 21.0. The minimum Gasteiger partial charge on any atom is -0.354 e. The maximum Gasteiger partial charge on any atom is 0.416 e. The van der Waals surface area contributed by atoms with Gasteiger partial charge in [-0.15, -0.1) is 0 Å². The third kappa shape index (κ3) is 6.66. The van der Waals surface area contributed by atoms with Gasteiger partial charge in [0, 0.05) is 42.5 Å². The quantitative estimate of drug-likeness (QED) is 0.342. The van der Waals surface area contributed by atoms with Crippen LogP contribution in [0.3, 0.4) is 0 Å². The monoisotopic (exact) mass is 487 g/mol. The van der Waals surface area contributed by atoms with E-state index in [-0.39, 0.29) is 23.9 Å². The first-order valence-corrected chi connectivity index (χ1v) is 12.4. The number of nitrogens with one attached hydrogen (secondary N) is 1. The SMILES string of the molecule is CCN(CC)CCCC(C)NC(=O)CC(c1ccccc1C(F)(F)F)c1cn(C)c2ccccc12. The van der Waals surface area contributed by atoms with Crippen LogP contribution in [-0.2, 0) is 18.0 Å². The maximum atomic E-state index is 13.9. The van der Waals surface area contributed by atoms with E-state index >= 15 is 0 Å². The number of halogens is 3. The standard InChI is InChI=1S/C28H36F3N3O/c1-5-34(6-2)17-11-12-20(3)32-27(35)18-23(21-13-7-9-15-25(21)28(29,30)31)24-19-33(4)26-16-10-8-14-22(24)26/h7-10,13-16,19-20,23H,5-6,11-12,17-18H2,1-4H3,(H,32,35). The number of carbonyl (C=O) groups excluding carboxylic acids is 1. The third-order valence-corrected chi connectivity index (χ3v) is 6.75. The number of aromatic nitrogens is 1. The van der Waals surface area contributed by atoms with Crippen molar-refractivity contribution in [3.8, 4) is 0 Å². The molecule has 4 nitrogen and oxygen atoms in total. The molecule has 0 aliphatic heterocycles. The molecule has 0 saturated heterocycles. The van der Waals surface area contributed by atoms with E-state index in [0.29, 0.717) is 0 Å². The van der Waals surface area contributed by atoms with Crippen LogP contribution in [0.15, 0.2) is 54.7 Å². The molecule has 0 bridgehead atoms. The fourth-order valence-electron chi connectivity index (χ4n) is 4.85. The van der Waals surface area contributed by atoms with E-state index in [1.165, 1.54) is 12.1 Å². The normalized spacial score (nSPS) is 13.8. The number of rotatable bonds is 11. The van der Waals surface area contributed by atoms with Crippen molar-refractivity contribution >= 4 is 16.8 Å². The van der Waals surface area contributed by atoms with Gasteiger partial charge in [0.2, 0.25) is 5.91 Å². The Bertz CT molecular complexity index is 1120. The number of fused-ring (bicyclic) bond motifs is 1. The van der Waals surface area contributed by atoms with E-state index in [1.54, 1.807) is 6.07 Å². The van der Waals surface area contributed by atoms with E-state index in [9.17, 15) is 18.0 Å². The number of nitrogens with zero attached hydrogens (tertiary/aromatic N) is 2. The zero-order valence-electron chi connectivity index (χ0n) is 21.0. The molecular formula is C28H36F3N3O. The van der Waals surface area contributed by atoms with Crippen LogP contribution in [0.4, 0.5) is 13.2 Å². The minimum atomic E-state index is -4.51. The van der Waals surface area contributed by atoms with Gasteiger partial charge in [-0.1, -0.05) is 50.2 Å². The number of alkyl halides is 3. The fourth-order valence-corrected chi connectivity index (χ4v) is 4.85. The second-order valence-electron chi connectivity index (χ2n) is 9.19. The largest absolute Gasteiger partial charge is 0.416 e. The molecule has 7 heteroatoms. The topological polar surface area (TPSA) is 37.3 Å². The van der Waals surface area contributed by atoms with Gasteiger partial charge in [-0.3, -0.25) is 4.79 Å². The first-order valence-electron chi connectivity index (χ1n) is 12.4.